The van der Waals surface area contributed by atoms with Crippen LogP contribution in [0.2, 0.25) is 0 Å². The fraction of sp³-hybridized carbons (Fsp3) is 0.600. The number of aryl methyl sites for hydroxylation is 2. The highest BCUT2D eigenvalue weighted by Crippen LogP contribution is 2.45. The summed E-state index contributed by atoms with van der Waals surface area (Å²) in [5.41, 5.74) is 2.03. The Morgan fingerprint density at radius 2 is 2.06 bits per heavy atom. The Kier molecular flexibility index (Phi) is 8.25. The largest absolute Gasteiger partial charge is 0.446 e. The van der Waals surface area contributed by atoms with Crippen LogP contribution >= 0.6 is 33.9 Å². The molecule has 0 radical (unpaired) electrons. The number of halogens is 1. The molecule has 0 saturated carbocycles. The highest BCUT2D eigenvalue weighted by Gasteiger charge is 2.48. The number of hydrogen-bond donors (Lipinski definition) is 1. The van der Waals surface area contributed by atoms with Crippen molar-refractivity contribution in [1.29, 1.82) is 0 Å². The number of nitrogens with zero attached hydrogens (tertiary/aromatic N) is 2. The molecular weight excluding hydrogens is 533 g/mol. The van der Waals surface area contributed by atoms with Crippen molar-refractivity contribution in [2.24, 2.45) is 5.41 Å². The third-order valence-corrected chi connectivity index (χ3v) is 8.80. The summed E-state index contributed by atoms with van der Waals surface area (Å²) in [7, 11) is 0. The van der Waals surface area contributed by atoms with Crippen molar-refractivity contribution >= 4 is 40.0 Å². The highest BCUT2D eigenvalue weighted by atomic mass is 127. The standard InChI is InChI=1S/C25H36IN3O2S/c1-17(2)28-23(30)31-19(4)25(12-11-21-9-10-22(26)32-21)13-14-29(16-25)24(5,6)20-8-7-18(3)27-15-20/h7-10,15,17,19H,11-14,16H2,1-6H3,(H,28,30)/t19-,25?/m1/s1. The molecule has 1 unspecified atom stereocenters. The SMILES string of the molecule is Cc1ccc(C(C)(C)N2CCC(CCc3ccc(I)s3)([C@@H](C)OC(=O)NC(C)C)C2)cn1. The molecule has 1 aliphatic heterocycles. The van der Waals surface area contributed by atoms with Gasteiger partial charge >= 0.3 is 6.09 Å². The monoisotopic (exact) mass is 569 g/mol. The van der Waals surface area contributed by atoms with Crippen LogP contribution in [0.4, 0.5) is 4.79 Å². The van der Waals surface area contributed by atoms with Crippen LogP contribution < -0.4 is 5.32 Å². The number of amides is 1. The van der Waals surface area contributed by atoms with Gasteiger partial charge in [-0.2, -0.15) is 0 Å². The molecule has 7 heteroatoms. The first-order chi connectivity index (χ1) is 15.0. The van der Waals surface area contributed by atoms with Gasteiger partial charge in [-0.1, -0.05) is 6.07 Å². The minimum Gasteiger partial charge on any atom is -0.446 e. The van der Waals surface area contributed by atoms with Crippen LogP contribution in [0, 0.1) is 15.2 Å². The van der Waals surface area contributed by atoms with Crippen molar-refractivity contribution in [2.75, 3.05) is 13.1 Å². The summed E-state index contributed by atoms with van der Waals surface area (Å²) in [6, 6.07) is 8.74. The van der Waals surface area contributed by atoms with Crippen LogP contribution in [0.1, 0.15) is 63.6 Å². The minimum atomic E-state index is -0.321. The topological polar surface area (TPSA) is 54.5 Å². The van der Waals surface area contributed by atoms with Gasteiger partial charge in [0.1, 0.15) is 6.10 Å². The molecule has 0 bridgehead atoms. The molecule has 2 aromatic heterocycles. The number of likely N-dealkylation sites (tertiary alicyclic amines) is 1. The zero-order valence-corrected chi connectivity index (χ0v) is 23.0. The van der Waals surface area contributed by atoms with Crippen molar-refractivity contribution in [3.05, 3.63) is 49.5 Å². The maximum atomic E-state index is 12.4. The number of thiophene rings is 1. The zero-order chi connectivity index (χ0) is 23.5. The average Bonchev–Trinajstić information content (AvgIpc) is 3.33. The van der Waals surface area contributed by atoms with Crippen molar-refractivity contribution in [2.45, 2.75) is 78.5 Å². The second kappa shape index (κ2) is 10.4. The summed E-state index contributed by atoms with van der Waals surface area (Å²) in [5.74, 6) is 0. The van der Waals surface area contributed by atoms with Gasteiger partial charge in [0.15, 0.2) is 0 Å². The molecule has 1 fully saturated rings. The van der Waals surface area contributed by atoms with Gasteiger partial charge in [-0.3, -0.25) is 9.88 Å². The average molecular weight is 570 g/mol. The van der Waals surface area contributed by atoms with Gasteiger partial charge in [0.25, 0.3) is 0 Å². The van der Waals surface area contributed by atoms with Gasteiger partial charge in [0.05, 0.1) is 2.88 Å². The van der Waals surface area contributed by atoms with E-state index in [9.17, 15) is 4.79 Å². The van der Waals surface area contributed by atoms with Crippen LogP contribution in [0.5, 0.6) is 0 Å². The molecule has 5 nitrogen and oxygen atoms in total. The molecule has 176 valence electrons. The lowest BCUT2D eigenvalue weighted by atomic mass is 9.77. The number of pyridine rings is 1. The first-order valence-electron chi connectivity index (χ1n) is 11.4. The van der Waals surface area contributed by atoms with E-state index in [2.05, 4.69) is 82.8 Å². The molecule has 2 atom stereocenters. The lowest BCUT2D eigenvalue weighted by molar-refractivity contribution is 0.00679. The molecule has 0 spiro atoms. The number of ether oxygens (including phenoxy) is 1. The lowest BCUT2D eigenvalue weighted by Gasteiger charge is -2.40. The Balaban J connectivity index is 1.80. The maximum Gasteiger partial charge on any atom is 0.407 e. The number of alkyl carbamates (subject to hydrolysis) is 1. The highest BCUT2D eigenvalue weighted by molar-refractivity contribution is 14.1. The molecule has 32 heavy (non-hydrogen) atoms. The number of aromatic nitrogens is 1. The van der Waals surface area contributed by atoms with Gasteiger partial charge in [0, 0.05) is 40.3 Å². The Bertz CT molecular complexity index is 912. The van der Waals surface area contributed by atoms with Crippen molar-refractivity contribution in [1.82, 2.24) is 15.2 Å². The number of carbonyl (C=O) groups excluding carboxylic acids is 1. The number of nitrogens with one attached hydrogen (secondary N) is 1. The quantitative estimate of drug-likeness (QED) is 0.388. The van der Waals surface area contributed by atoms with Crippen LogP contribution in [0.15, 0.2) is 30.5 Å². The Morgan fingerprint density at radius 1 is 1.31 bits per heavy atom. The predicted octanol–water partition coefficient (Wildman–Crippen LogP) is 6.14. The van der Waals surface area contributed by atoms with Crippen molar-refractivity contribution in [3.8, 4) is 0 Å². The maximum absolute atomic E-state index is 12.4. The fourth-order valence-electron chi connectivity index (χ4n) is 4.54. The summed E-state index contributed by atoms with van der Waals surface area (Å²) in [5, 5.41) is 2.88. The smallest absolute Gasteiger partial charge is 0.407 e. The fourth-order valence-corrected chi connectivity index (χ4v) is 6.29. The van der Waals surface area contributed by atoms with Gasteiger partial charge in [-0.15, -0.1) is 11.3 Å². The van der Waals surface area contributed by atoms with E-state index < -0.39 is 0 Å². The van der Waals surface area contributed by atoms with E-state index in [1.54, 1.807) is 0 Å². The molecule has 1 N–H and O–H groups in total. The van der Waals surface area contributed by atoms with Gasteiger partial charge in [0.2, 0.25) is 0 Å². The normalized spacial score (nSPS) is 20.5. The molecule has 1 saturated heterocycles. The van der Waals surface area contributed by atoms with E-state index in [-0.39, 0.29) is 29.2 Å². The van der Waals surface area contributed by atoms with Crippen LogP contribution in [0.3, 0.4) is 0 Å². The second-order valence-corrected chi connectivity index (χ2v) is 12.9. The summed E-state index contributed by atoms with van der Waals surface area (Å²) in [4.78, 5) is 20.9. The number of rotatable bonds is 8. The predicted molar refractivity (Wildman–Crippen MR) is 140 cm³/mol. The van der Waals surface area contributed by atoms with E-state index in [0.29, 0.717) is 0 Å². The summed E-state index contributed by atoms with van der Waals surface area (Å²) in [6.07, 6.45) is 4.52. The molecule has 0 aliphatic carbocycles. The van der Waals surface area contributed by atoms with Crippen LogP contribution in [-0.2, 0) is 16.7 Å². The van der Waals surface area contributed by atoms with Gasteiger partial charge in [-0.05, 0) is 114 Å². The summed E-state index contributed by atoms with van der Waals surface area (Å²) in [6.45, 7) is 14.4. The molecular formula is C25H36IN3O2S. The molecule has 1 aliphatic rings. The lowest BCUT2D eigenvalue weighted by Crippen LogP contribution is -2.46. The summed E-state index contributed by atoms with van der Waals surface area (Å²) >= 11 is 4.23. The first-order valence-corrected chi connectivity index (χ1v) is 13.3. The van der Waals surface area contributed by atoms with E-state index in [1.807, 2.05) is 38.3 Å². The molecule has 1 amide bonds. The summed E-state index contributed by atoms with van der Waals surface area (Å²) < 4.78 is 7.25. The minimum absolute atomic E-state index is 0.0619. The molecule has 3 heterocycles. The Morgan fingerprint density at radius 3 is 2.66 bits per heavy atom. The Labute approximate surface area is 210 Å². The third-order valence-electron chi connectivity index (χ3n) is 6.84. The van der Waals surface area contributed by atoms with E-state index in [1.165, 1.54) is 13.3 Å². The molecule has 0 aromatic carbocycles. The molecule has 2 aromatic rings. The first kappa shape index (κ1) is 25.4. The second-order valence-electron chi connectivity index (χ2n) is 9.83. The zero-order valence-electron chi connectivity index (χ0n) is 20.1. The third kappa shape index (κ3) is 6.03. The molecule has 3 rings (SSSR count). The van der Waals surface area contributed by atoms with Crippen LogP contribution in [-0.4, -0.2) is 41.2 Å². The van der Waals surface area contributed by atoms with Crippen molar-refractivity contribution < 1.29 is 9.53 Å². The Hall–Kier alpha value is -1.19. The number of hydrogen-bond acceptors (Lipinski definition) is 5. The van der Waals surface area contributed by atoms with Crippen LogP contribution in [0.25, 0.3) is 0 Å². The van der Waals surface area contributed by atoms with E-state index in [0.717, 1.165) is 38.0 Å². The van der Waals surface area contributed by atoms with E-state index in [4.69, 9.17) is 4.74 Å². The van der Waals surface area contributed by atoms with Crippen molar-refractivity contribution in [3.63, 3.8) is 0 Å². The van der Waals surface area contributed by atoms with E-state index >= 15 is 0 Å². The van der Waals surface area contributed by atoms with Gasteiger partial charge in [-0.25, -0.2) is 4.79 Å². The number of carbonyl (C=O) groups is 1. The van der Waals surface area contributed by atoms with Gasteiger partial charge < -0.3 is 10.1 Å².